The standard InChI is InChI=1S/C8H19N3O2/c1-10-4-2-6-13-7-3-5-11-8(9)12/h10H,2-7H2,1H3,(H3,9,11,12). The van der Waals surface area contributed by atoms with Crippen molar-refractivity contribution in [2.24, 2.45) is 5.73 Å². The minimum absolute atomic E-state index is 0.477. The van der Waals surface area contributed by atoms with Crippen LogP contribution in [-0.4, -0.2) is 39.4 Å². The molecule has 0 radical (unpaired) electrons. The van der Waals surface area contributed by atoms with Gasteiger partial charge in [-0.2, -0.15) is 0 Å². The smallest absolute Gasteiger partial charge is 0.312 e. The minimum Gasteiger partial charge on any atom is -0.381 e. The summed E-state index contributed by atoms with van der Waals surface area (Å²) < 4.78 is 5.29. The van der Waals surface area contributed by atoms with Crippen molar-refractivity contribution in [3.8, 4) is 0 Å². The molecule has 0 aliphatic carbocycles. The fourth-order valence-electron chi connectivity index (χ4n) is 0.839. The average molecular weight is 189 g/mol. The Hall–Kier alpha value is -0.810. The maximum atomic E-state index is 10.2. The Morgan fingerprint density at radius 1 is 1.31 bits per heavy atom. The summed E-state index contributed by atoms with van der Waals surface area (Å²) in [5.74, 6) is 0. The molecule has 5 nitrogen and oxygen atoms in total. The molecule has 0 aromatic heterocycles. The zero-order valence-corrected chi connectivity index (χ0v) is 8.14. The SMILES string of the molecule is CNCCCOCCCNC(N)=O. The Kier molecular flexibility index (Phi) is 8.70. The highest BCUT2D eigenvalue weighted by Crippen LogP contribution is 1.84. The van der Waals surface area contributed by atoms with Crippen molar-refractivity contribution >= 4 is 6.03 Å². The second-order valence-corrected chi connectivity index (χ2v) is 2.71. The Bertz CT molecular complexity index is 131. The second kappa shape index (κ2) is 9.28. The summed E-state index contributed by atoms with van der Waals surface area (Å²) in [4.78, 5) is 10.2. The van der Waals surface area contributed by atoms with Gasteiger partial charge < -0.3 is 21.1 Å². The van der Waals surface area contributed by atoms with Gasteiger partial charge in [-0.1, -0.05) is 0 Å². The Morgan fingerprint density at radius 2 is 1.92 bits per heavy atom. The molecule has 0 saturated carbocycles. The van der Waals surface area contributed by atoms with E-state index in [0.29, 0.717) is 13.2 Å². The highest BCUT2D eigenvalue weighted by molar-refractivity contribution is 5.71. The van der Waals surface area contributed by atoms with E-state index in [1.54, 1.807) is 0 Å². The van der Waals surface area contributed by atoms with E-state index in [1.807, 2.05) is 7.05 Å². The molecule has 0 bridgehead atoms. The topological polar surface area (TPSA) is 76.4 Å². The van der Waals surface area contributed by atoms with Gasteiger partial charge in [-0.15, -0.1) is 0 Å². The number of carbonyl (C=O) groups excluding carboxylic acids is 1. The van der Waals surface area contributed by atoms with E-state index in [4.69, 9.17) is 10.5 Å². The largest absolute Gasteiger partial charge is 0.381 e. The van der Waals surface area contributed by atoms with Crippen molar-refractivity contribution < 1.29 is 9.53 Å². The molecule has 0 aliphatic rings. The van der Waals surface area contributed by atoms with Gasteiger partial charge in [0, 0.05) is 19.8 Å². The van der Waals surface area contributed by atoms with Gasteiger partial charge in [-0.3, -0.25) is 0 Å². The molecule has 78 valence electrons. The third-order valence-electron chi connectivity index (χ3n) is 1.48. The fraction of sp³-hybridized carbons (Fsp3) is 0.875. The number of carbonyl (C=O) groups is 1. The predicted octanol–water partition coefficient (Wildman–Crippen LogP) is -0.329. The lowest BCUT2D eigenvalue weighted by Crippen LogP contribution is -2.30. The summed E-state index contributed by atoms with van der Waals surface area (Å²) in [6.07, 6.45) is 1.82. The van der Waals surface area contributed by atoms with Crippen molar-refractivity contribution in [1.29, 1.82) is 0 Å². The third-order valence-corrected chi connectivity index (χ3v) is 1.48. The number of hydrogen-bond donors (Lipinski definition) is 3. The van der Waals surface area contributed by atoms with Gasteiger partial charge in [0.1, 0.15) is 0 Å². The van der Waals surface area contributed by atoms with E-state index in [2.05, 4.69) is 10.6 Å². The first-order valence-electron chi connectivity index (χ1n) is 4.53. The van der Waals surface area contributed by atoms with Crippen molar-refractivity contribution in [2.45, 2.75) is 12.8 Å². The maximum absolute atomic E-state index is 10.2. The Balaban J connectivity index is 2.87. The molecule has 0 saturated heterocycles. The monoisotopic (exact) mass is 189 g/mol. The van der Waals surface area contributed by atoms with Gasteiger partial charge in [0.15, 0.2) is 0 Å². The molecular formula is C8H19N3O2. The first kappa shape index (κ1) is 12.2. The first-order chi connectivity index (χ1) is 6.27. The van der Waals surface area contributed by atoms with E-state index in [1.165, 1.54) is 0 Å². The number of amides is 2. The molecule has 0 rings (SSSR count). The quantitative estimate of drug-likeness (QED) is 0.458. The number of ether oxygens (including phenoxy) is 1. The van der Waals surface area contributed by atoms with E-state index in [0.717, 1.165) is 26.0 Å². The van der Waals surface area contributed by atoms with Gasteiger partial charge in [0.05, 0.1) is 0 Å². The molecule has 13 heavy (non-hydrogen) atoms. The van der Waals surface area contributed by atoms with Crippen LogP contribution in [0, 0.1) is 0 Å². The molecule has 0 aliphatic heterocycles. The molecule has 0 fully saturated rings. The highest BCUT2D eigenvalue weighted by Gasteiger charge is 1.91. The van der Waals surface area contributed by atoms with Crippen LogP contribution in [0.2, 0.25) is 0 Å². The van der Waals surface area contributed by atoms with Gasteiger partial charge in [-0.25, -0.2) is 4.79 Å². The fourth-order valence-corrected chi connectivity index (χ4v) is 0.839. The lowest BCUT2D eigenvalue weighted by molar-refractivity contribution is 0.130. The van der Waals surface area contributed by atoms with Crippen LogP contribution in [0.25, 0.3) is 0 Å². The number of hydrogen-bond acceptors (Lipinski definition) is 3. The van der Waals surface area contributed by atoms with Crippen molar-refractivity contribution in [3.05, 3.63) is 0 Å². The lowest BCUT2D eigenvalue weighted by atomic mass is 10.4. The van der Waals surface area contributed by atoms with Crippen LogP contribution >= 0.6 is 0 Å². The summed E-state index contributed by atoms with van der Waals surface area (Å²) in [6.45, 7) is 2.99. The number of primary amides is 1. The molecule has 0 heterocycles. The van der Waals surface area contributed by atoms with E-state index >= 15 is 0 Å². The minimum atomic E-state index is -0.477. The van der Waals surface area contributed by atoms with Crippen molar-refractivity contribution in [3.63, 3.8) is 0 Å². The summed E-state index contributed by atoms with van der Waals surface area (Å²) in [5, 5.41) is 5.53. The predicted molar refractivity (Wildman–Crippen MR) is 51.6 cm³/mol. The molecule has 0 aromatic rings. The molecule has 0 atom stereocenters. The highest BCUT2D eigenvalue weighted by atomic mass is 16.5. The summed E-state index contributed by atoms with van der Waals surface area (Å²) >= 11 is 0. The third kappa shape index (κ3) is 11.2. The van der Waals surface area contributed by atoms with Gasteiger partial charge >= 0.3 is 6.03 Å². The molecule has 0 aromatic carbocycles. The van der Waals surface area contributed by atoms with Gasteiger partial charge in [-0.05, 0) is 26.4 Å². The van der Waals surface area contributed by atoms with Crippen LogP contribution < -0.4 is 16.4 Å². The molecule has 0 unspecified atom stereocenters. The average Bonchev–Trinajstić information content (AvgIpc) is 2.09. The lowest BCUT2D eigenvalue weighted by Gasteiger charge is -2.04. The van der Waals surface area contributed by atoms with Crippen molar-refractivity contribution in [1.82, 2.24) is 10.6 Å². The molecule has 0 spiro atoms. The van der Waals surface area contributed by atoms with E-state index in [9.17, 15) is 4.79 Å². The maximum Gasteiger partial charge on any atom is 0.312 e. The summed E-state index contributed by atoms with van der Waals surface area (Å²) in [7, 11) is 1.91. The van der Waals surface area contributed by atoms with E-state index in [-0.39, 0.29) is 0 Å². The number of nitrogens with two attached hydrogens (primary N) is 1. The Labute approximate surface area is 79.0 Å². The van der Waals surface area contributed by atoms with Crippen LogP contribution in [-0.2, 0) is 4.74 Å². The van der Waals surface area contributed by atoms with Crippen LogP contribution in [0.4, 0.5) is 4.79 Å². The van der Waals surface area contributed by atoms with Crippen LogP contribution in [0.5, 0.6) is 0 Å². The first-order valence-corrected chi connectivity index (χ1v) is 4.53. The summed E-state index contributed by atoms with van der Waals surface area (Å²) in [6, 6.07) is -0.477. The molecular weight excluding hydrogens is 170 g/mol. The van der Waals surface area contributed by atoms with E-state index < -0.39 is 6.03 Å². The van der Waals surface area contributed by atoms with Gasteiger partial charge in [0.25, 0.3) is 0 Å². The van der Waals surface area contributed by atoms with Crippen LogP contribution in [0.1, 0.15) is 12.8 Å². The zero-order valence-electron chi connectivity index (χ0n) is 8.14. The molecule has 2 amide bonds. The number of urea groups is 1. The molecule has 4 N–H and O–H groups in total. The molecule has 5 heteroatoms. The van der Waals surface area contributed by atoms with Crippen LogP contribution in [0.3, 0.4) is 0 Å². The number of nitrogens with one attached hydrogen (secondary N) is 2. The van der Waals surface area contributed by atoms with Crippen molar-refractivity contribution in [2.75, 3.05) is 33.4 Å². The summed E-state index contributed by atoms with van der Waals surface area (Å²) in [5.41, 5.74) is 4.87. The van der Waals surface area contributed by atoms with Crippen LogP contribution in [0.15, 0.2) is 0 Å². The zero-order chi connectivity index (χ0) is 9.94. The second-order valence-electron chi connectivity index (χ2n) is 2.71. The normalized spacial score (nSPS) is 9.92. The van der Waals surface area contributed by atoms with Gasteiger partial charge in [0.2, 0.25) is 0 Å². The Morgan fingerprint density at radius 3 is 2.46 bits per heavy atom. The number of rotatable bonds is 8.